The van der Waals surface area contributed by atoms with Crippen LogP contribution in [0.4, 0.5) is 5.69 Å². The first kappa shape index (κ1) is 20.3. The number of thiazole rings is 1. The van der Waals surface area contributed by atoms with Gasteiger partial charge in [-0.15, -0.1) is 11.3 Å². The number of anilines is 1. The van der Waals surface area contributed by atoms with Crippen LogP contribution in [0.1, 0.15) is 45.4 Å². The Morgan fingerprint density at radius 2 is 2.07 bits per heavy atom. The molecule has 4 fully saturated rings. The summed E-state index contributed by atoms with van der Waals surface area (Å²) in [4.78, 5) is 28.8. The number of fused-ring (bicyclic) bond motifs is 1. The van der Waals surface area contributed by atoms with Crippen LogP contribution in [0.5, 0.6) is 0 Å². The molecule has 0 aliphatic heterocycles. The summed E-state index contributed by atoms with van der Waals surface area (Å²) < 4.78 is 6.90. The number of ether oxygens (including phenoxy) is 1. The van der Waals surface area contributed by atoms with Crippen LogP contribution in [-0.4, -0.2) is 39.9 Å². The number of hydrogen-bond donors (Lipinski definition) is 2. The van der Waals surface area contributed by atoms with Crippen molar-refractivity contribution in [1.82, 2.24) is 4.98 Å². The Bertz CT molecular complexity index is 990. The van der Waals surface area contributed by atoms with Crippen molar-refractivity contribution in [1.29, 1.82) is 0 Å². The second-order valence-electron chi connectivity index (χ2n) is 9.27. The first-order valence-corrected chi connectivity index (χ1v) is 12.3. The molecule has 2 unspecified atom stereocenters. The zero-order valence-electron chi connectivity index (χ0n) is 17.0. The Morgan fingerprint density at radius 3 is 2.77 bits per heavy atom. The van der Waals surface area contributed by atoms with E-state index >= 15 is 0 Å². The summed E-state index contributed by atoms with van der Waals surface area (Å²) in [6, 6.07) is 5.82. The molecular formula is C22H26N2O4S2. The molecule has 160 valence electrons. The van der Waals surface area contributed by atoms with Crippen LogP contribution in [0.25, 0.3) is 10.2 Å². The molecule has 4 saturated carbocycles. The number of aromatic nitrogens is 1. The summed E-state index contributed by atoms with van der Waals surface area (Å²) in [5.74, 6) is 1.42. The molecule has 0 radical (unpaired) electrons. The van der Waals surface area contributed by atoms with E-state index in [0.29, 0.717) is 30.6 Å². The van der Waals surface area contributed by atoms with Gasteiger partial charge >= 0.3 is 5.97 Å². The lowest BCUT2D eigenvalue weighted by Gasteiger charge is -2.59. The normalized spacial score (nSPS) is 31.8. The van der Waals surface area contributed by atoms with Crippen molar-refractivity contribution in [2.75, 3.05) is 17.7 Å². The number of aliphatic hydroxyl groups is 1. The second kappa shape index (κ2) is 7.50. The average molecular weight is 447 g/mol. The topological polar surface area (TPSA) is 88.5 Å². The van der Waals surface area contributed by atoms with Gasteiger partial charge in [-0.2, -0.15) is 0 Å². The lowest BCUT2D eigenvalue weighted by molar-refractivity contribution is -0.174. The number of rotatable bonds is 6. The number of carbonyl (C=O) groups is 2. The molecule has 1 aromatic heterocycles. The number of esters is 1. The molecule has 1 heterocycles. The molecule has 30 heavy (non-hydrogen) atoms. The standard InChI is InChI=1S/C22H26N2O4S2/c1-13(25)28-4-5-29-20-24-17-3-2-16(7-18(17)30-20)23-19(26)21-8-14-6-15(9-21)11-22(27,10-14)12-21/h2-3,7,14-15,27H,4-6,8-12H2,1H3,(H,23,26). The Labute approximate surface area is 183 Å². The Balaban J connectivity index is 1.27. The van der Waals surface area contributed by atoms with Gasteiger partial charge in [0.1, 0.15) is 6.61 Å². The van der Waals surface area contributed by atoms with E-state index in [9.17, 15) is 14.7 Å². The van der Waals surface area contributed by atoms with E-state index in [1.807, 2.05) is 18.2 Å². The minimum absolute atomic E-state index is 0.0647. The summed E-state index contributed by atoms with van der Waals surface area (Å²) >= 11 is 3.14. The lowest BCUT2D eigenvalue weighted by Crippen LogP contribution is -2.59. The molecule has 4 aliphatic carbocycles. The molecule has 2 aromatic rings. The zero-order valence-corrected chi connectivity index (χ0v) is 18.6. The summed E-state index contributed by atoms with van der Waals surface area (Å²) in [6.45, 7) is 1.77. The largest absolute Gasteiger partial charge is 0.465 e. The summed E-state index contributed by atoms with van der Waals surface area (Å²) in [6.07, 6.45) is 5.31. The first-order chi connectivity index (χ1) is 14.3. The monoisotopic (exact) mass is 446 g/mol. The van der Waals surface area contributed by atoms with Gasteiger partial charge in [-0.05, 0) is 68.6 Å². The highest BCUT2D eigenvalue weighted by Crippen LogP contribution is 2.61. The van der Waals surface area contributed by atoms with Crippen LogP contribution >= 0.6 is 23.1 Å². The third-order valence-corrected chi connectivity index (χ3v) is 8.88. The van der Waals surface area contributed by atoms with Gasteiger partial charge in [0, 0.05) is 18.4 Å². The fraction of sp³-hybridized carbons (Fsp3) is 0.591. The van der Waals surface area contributed by atoms with Crippen molar-refractivity contribution < 1.29 is 19.4 Å². The molecule has 2 atom stereocenters. The number of nitrogens with one attached hydrogen (secondary N) is 1. The van der Waals surface area contributed by atoms with Crippen LogP contribution in [0.15, 0.2) is 22.5 Å². The molecule has 4 aliphatic rings. The molecule has 1 amide bonds. The first-order valence-electron chi connectivity index (χ1n) is 10.5. The predicted octanol–water partition coefficient (Wildman–Crippen LogP) is 4.22. The second-order valence-corrected chi connectivity index (χ2v) is 11.6. The quantitative estimate of drug-likeness (QED) is 0.392. The number of nitrogens with zero attached hydrogens (tertiary/aromatic N) is 1. The molecule has 6 nitrogen and oxygen atoms in total. The number of amides is 1. The highest BCUT2D eigenvalue weighted by Gasteiger charge is 2.60. The van der Waals surface area contributed by atoms with Crippen LogP contribution in [0.3, 0.4) is 0 Å². The Hall–Kier alpha value is -1.64. The van der Waals surface area contributed by atoms with Crippen LogP contribution in [-0.2, 0) is 14.3 Å². The van der Waals surface area contributed by atoms with Crippen molar-refractivity contribution in [3.05, 3.63) is 18.2 Å². The van der Waals surface area contributed by atoms with E-state index in [-0.39, 0.29) is 11.9 Å². The van der Waals surface area contributed by atoms with Gasteiger partial charge < -0.3 is 15.2 Å². The van der Waals surface area contributed by atoms with Gasteiger partial charge in [0.05, 0.1) is 21.2 Å². The van der Waals surface area contributed by atoms with E-state index < -0.39 is 11.0 Å². The minimum Gasteiger partial charge on any atom is -0.465 e. The maximum atomic E-state index is 13.3. The van der Waals surface area contributed by atoms with Crippen LogP contribution in [0, 0.1) is 17.3 Å². The van der Waals surface area contributed by atoms with E-state index in [1.165, 1.54) is 13.3 Å². The van der Waals surface area contributed by atoms with Crippen molar-refractivity contribution in [3.63, 3.8) is 0 Å². The smallest absolute Gasteiger partial charge is 0.302 e. The van der Waals surface area contributed by atoms with Crippen molar-refractivity contribution in [3.8, 4) is 0 Å². The zero-order chi connectivity index (χ0) is 20.9. The molecule has 0 spiro atoms. The van der Waals surface area contributed by atoms with E-state index in [2.05, 4.69) is 10.3 Å². The average Bonchev–Trinajstić information content (AvgIpc) is 3.05. The highest BCUT2D eigenvalue weighted by molar-refractivity contribution is 8.01. The third-order valence-electron chi connectivity index (χ3n) is 6.75. The fourth-order valence-corrected chi connectivity index (χ4v) is 8.10. The molecule has 4 bridgehead atoms. The molecule has 0 saturated heterocycles. The van der Waals surface area contributed by atoms with Crippen molar-refractivity contribution >= 4 is 50.9 Å². The SMILES string of the molecule is CC(=O)OCCSc1nc2ccc(NC(=O)C34CC5CC(CC(O)(C5)C3)C4)cc2s1. The molecule has 8 heteroatoms. The van der Waals surface area contributed by atoms with E-state index in [1.54, 1.807) is 23.1 Å². The van der Waals surface area contributed by atoms with E-state index in [0.717, 1.165) is 45.9 Å². The number of carbonyl (C=O) groups excluding carboxylic acids is 2. The summed E-state index contributed by atoms with van der Waals surface area (Å²) in [5, 5.41) is 14.1. The summed E-state index contributed by atoms with van der Waals surface area (Å²) in [7, 11) is 0. The van der Waals surface area contributed by atoms with Gasteiger partial charge in [0.2, 0.25) is 5.91 Å². The maximum Gasteiger partial charge on any atom is 0.302 e. The lowest BCUT2D eigenvalue weighted by atomic mass is 9.47. The molecule has 6 rings (SSSR count). The maximum absolute atomic E-state index is 13.3. The Kier molecular flexibility index (Phi) is 5.07. The minimum atomic E-state index is -0.638. The Morgan fingerprint density at radius 1 is 1.30 bits per heavy atom. The summed E-state index contributed by atoms with van der Waals surface area (Å²) in [5.41, 5.74) is 0.632. The molecular weight excluding hydrogens is 420 g/mol. The van der Waals surface area contributed by atoms with Gasteiger partial charge in [0.25, 0.3) is 0 Å². The van der Waals surface area contributed by atoms with Gasteiger partial charge in [0.15, 0.2) is 4.34 Å². The van der Waals surface area contributed by atoms with Gasteiger partial charge in [-0.1, -0.05) is 11.8 Å². The van der Waals surface area contributed by atoms with Gasteiger partial charge in [-0.25, -0.2) is 4.98 Å². The van der Waals surface area contributed by atoms with E-state index in [4.69, 9.17) is 4.74 Å². The van der Waals surface area contributed by atoms with Crippen molar-refractivity contribution in [2.45, 2.75) is 55.4 Å². The molecule has 2 N–H and O–H groups in total. The van der Waals surface area contributed by atoms with Crippen LogP contribution in [0.2, 0.25) is 0 Å². The number of benzene rings is 1. The predicted molar refractivity (Wildman–Crippen MR) is 118 cm³/mol. The number of thioether (sulfide) groups is 1. The number of hydrogen-bond acceptors (Lipinski definition) is 7. The van der Waals surface area contributed by atoms with Crippen molar-refractivity contribution in [2.24, 2.45) is 17.3 Å². The van der Waals surface area contributed by atoms with Crippen LogP contribution < -0.4 is 5.32 Å². The highest BCUT2D eigenvalue weighted by atomic mass is 32.2. The molecule has 1 aromatic carbocycles. The fourth-order valence-electron chi connectivity index (χ4n) is 6.10. The third kappa shape index (κ3) is 3.85. The van der Waals surface area contributed by atoms with Gasteiger partial charge in [-0.3, -0.25) is 9.59 Å².